The van der Waals surface area contributed by atoms with E-state index in [4.69, 9.17) is 5.26 Å². The summed E-state index contributed by atoms with van der Waals surface area (Å²) in [5, 5.41) is 11.7. The monoisotopic (exact) mass is 285 g/mol. The average molecular weight is 285 g/mol. The molecule has 0 aliphatic rings. The zero-order chi connectivity index (χ0) is 14.3. The SMILES string of the molecule is CCNCCCNS(=O)(=O)c1ccc(F)c(C#N)c1. The molecule has 1 aromatic carbocycles. The van der Waals surface area contributed by atoms with Crippen LogP contribution < -0.4 is 10.0 Å². The first-order valence-electron chi connectivity index (χ1n) is 5.91. The number of hydrogen-bond donors (Lipinski definition) is 2. The molecule has 0 saturated carbocycles. The van der Waals surface area contributed by atoms with Crippen molar-refractivity contribution in [3.05, 3.63) is 29.6 Å². The Kier molecular flexibility index (Phi) is 5.89. The Balaban J connectivity index is 2.70. The highest BCUT2D eigenvalue weighted by Gasteiger charge is 2.15. The Morgan fingerprint density at radius 2 is 2.11 bits per heavy atom. The molecule has 0 spiro atoms. The highest BCUT2D eigenvalue weighted by Crippen LogP contribution is 2.14. The van der Waals surface area contributed by atoms with Crippen LogP contribution in [0.1, 0.15) is 18.9 Å². The summed E-state index contributed by atoms with van der Waals surface area (Å²) in [6, 6.07) is 4.76. The molecule has 1 rings (SSSR count). The molecule has 5 nitrogen and oxygen atoms in total. The van der Waals surface area contributed by atoms with Gasteiger partial charge in [0.2, 0.25) is 10.0 Å². The van der Waals surface area contributed by atoms with Gasteiger partial charge in [0.15, 0.2) is 0 Å². The van der Waals surface area contributed by atoms with Gasteiger partial charge in [-0.2, -0.15) is 5.26 Å². The van der Waals surface area contributed by atoms with E-state index in [9.17, 15) is 12.8 Å². The number of rotatable bonds is 7. The van der Waals surface area contributed by atoms with Crippen molar-refractivity contribution in [3.8, 4) is 6.07 Å². The van der Waals surface area contributed by atoms with Gasteiger partial charge in [-0.3, -0.25) is 0 Å². The topological polar surface area (TPSA) is 82.0 Å². The van der Waals surface area contributed by atoms with Crippen LogP contribution in [0.25, 0.3) is 0 Å². The summed E-state index contributed by atoms with van der Waals surface area (Å²) in [5.41, 5.74) is -0.282. The van der Waals surface area contributed by atoms with Gasteiger partial charge >= 0.3 is 0 Å². The minimum atomic E-state index is -3.69. The van der Waals surface area contributed by atoms with Crippen molar-refractivity contribution in [1.29, 1.82) is 5.26 Å². The van der Waals surface area contributed by atoms with Crippen molar-refractivity contribution in [1.82, 2.24) is 10.0 Å². The van der Waals surface area contributed by atoms with Crippen molar-refractivity contribution in [2.45, 2.75) is 18.2 Å². The van der Waals surface area contributed by atoms with Crippen molar-refractivity contribution in [2.24, 2.45) is 0 Å². The molecule has 0 amide bonds. The number of nitrogens with one attached hydrogen (secondary N) is 2. The van der Waals surface area contributed by atoms with E-state index < -0.39 is 15.8 Å². The van der Waals surface area contributed by atoms with E-state index in [0.29, 0.717) is 13.0 Å². The minimum Gasteiger partial charge on any atom is -0.317 e. The first-order valence-corrected chi connectivity index (χ1v) is 7.39. The van der Waals surface area contributed by atoms with Gasteiger partial charge in [0.1, 0.15) is 11.9 Å². The fourth-order valence-electron chi connectivity index (χ4n) is 1.44. The van der Waals surface area contributed by atoms with Crippen molar-refractivity contribution in [2.75, 3.05) is 19.6 Å². The van der Waals surface area contributed by atoms with Gasteiger partial charge in [-0.1, -0.05) is 6.92 Å². The molecule has 104 valence electrons. The number of hydrogen-bond acceptors (Lipinski definition) is 4. The lowest BCUT2D eigenvalue weighted by Gasteiger charge is -2.07. The Labute approximate surface area is 112 Å². The maximum Gasteiger partial charge on any atom is 0.240 e. The summed E-state index contributed by atoms with van der Waals surface area (Å²) in [6.07, 6.45) is 0.652. The molecule has 0 heterocycles. The molecule has 19 heavy (non-hydrogen) atoms. The van der Waals surface area contributed by atoms with Gasteiger partial charge in [-0.15, -0.1) is 0 Å². The quantitative estimate of drug-likeness (QED) is 0.732. The van der Waals surface area contributed by atoms with Crippen molar-refractivity contribution >= 4 is 10.0 Å². The molecule has 0 bridgehead atoms. The smallest absolute Gasteiger partial charge is 0.240 e. The Hall–Kier alpha value is -1.49. The summed E-state index contributed by atoms with van der Waals surface area (Å²) < 4.78 is 39.3. The highest BCUT2D eigenvalue weighted by molar-refractivity contribution is 7.89. The number of halogens is 1. The van der Waals surface area contributed by atoms with Gasteiger partial charge < -0.3 is 5.32 Å². The summed E-state index contributed by atoms with van der Waals surface area (Å²) in [6.45, 7) is 3.79. The molecule has 0 aliphatic heterocycles. The summed E-state index contributed by atoms with van der Waals surface area (Å²) in [7, 11) is -3.69. The van der Waals surface area contributed by atoms with Gasteiger partial charge in [-0.25, -0.2) is 17.5 Å². The molecule has 7 heteroatoms. The summed E-state index contributed by atoms with van der Waals surface area (Å²) in [5.74, 6) is -0.728. The largest absolute Gasteiger partial charge is 0.317 e. The molecular formula is C12H16FN3O2S. The molecule has 0 saturated heterocycles. The number of benzene rings is 1. The standard InChI is InChI=1S/C12H16FN3O2S/c1-2-15-6-3-7-16-19(17,18)11-4-5-12(13)10(8-11)9-14/h4-5,8,15-16H,2-3,6-7H2,1H3. The van der Waals surface area contributed by atoms with Gasteiger partial charge in [0.25, 0.3) is 0 Å². The van der Waals surface area contributed by atoms with Gasteiger partial charge in [0.05, 0.1) is 10.5 Å². The Morgan fingerprint density at radius 3 is 2.74 bits per heavy atom. The molecule has 0 fully saturated rings. The fraction of sp³-hybridized carbons (Fsp3) is 0.417. The average Bonchev–Trinajstić information content (AvgIpc) is 2.38. The predicted molar refractivity (Wildman–Crippen MR) is 69.5 cm³/mol. The molecule has 0 radical (unpaired) electrons. The molecule has 0 aliphatic carbocycles. The first kappa shape index (κ1) is 15.6. The van der Waals surface area contributed by atoms with Crippen LogP contribution in [0.4, 0.5) is 4.39 Å². The van der Waals surface area contributed by atoms with Crippen LogP contribution in [0, 0.1) is 17.1 Å². The van der Waals surface area contributed by atoms with Crippen LogP contribution in [0.3, 0.4) is 0 Å². The normalized spacial score (nSPS) is 11.2. The molecule has 2 N–H and O–H groups in total. The minimum absolute atomic E-state index is 0.103. The molecular weight excluding hydrogens is 269 g/mol. The number of sulfonamides is 1. The number of nitrogens with zero attached hydrogens (tertiary/aromatic N) is 1. The lowest BCUT2D eigenvalue weighted by molar-refractivity contribution is 0.574. The third-order valence-electron chi connectivity index (χ3n) is 2.44. The van der Waals surface area contributed by atoms with E-state index in [2.05, 4.69) is 10.0 Å². The molecule has 0 unspecified atom stereocenters. The summed E-state index contributed by atoms with van der Waals surface area (Å²) >= 11 is 0. The first-order chi connectivity index (χ1) is 9.01. The van der Waals surface area contributed by atoms with Crippen LogP contribution in [-0.2, 0) is 10.0 Å². The lowest BCUT2D eigenvalue weighted by Crippen LogP contribution is -2.27. The van der Waals surface area contributed by atoms with Crippen molar-refractivity contribution in [3.63, 3.8) is 0 Å². The zero-order valence-electron chi connectivity index (χ0n) is 10.6. The second-order valence-corrected chi connectivity index (χ2v) is 5.63. The molecule has 0 atom stereocenters. The van der Waals surface area contributed by atoms with Crippen LogP contribution in [0.15, 0.2) is 23.1 Å². The van der Waals surface area contributed by atoms with Crippen LogP contribution in [0.2, 0.25) is 0 Å². The van der Waals surface area contributed by atoms with Crippen LogP contribution >= 0.6 is 0 Å². The third-order valence-corrected chi connectivity index (χ3v) is 3.90. The zero-order valence-corrected chi connectivity index (χ0v) is 11.4. The van der Waals surface area contributed by atoms with E-state index in [0.717, 1.165) is 24.7 Å². The van der Waals surface area contributed by atoms with E-state index in [1.807, 2.05) is 6.92 Å². The Morgan fingerprint density at radius 1 is 1.37 bits per heavy atom. The third kappa shape index (κ3) is 4.59. The predicted octanol–water partition coefficient (Wildman–Crippen LogP) is 0.975. The number of nitriles is 1. The van der Waals surface area contributed by atoms with Crippen LogP contribution in [-0.4, -0.2) is 28.1 Å². The second kappa shape index (κ2) is 7.19. The van der Waals surface area contributed by atoms with E-state index in [1.165, 1.54) is 0 Å². The molecule has 1 aromatic rings. The molecule has 0 aromatic heterocycles. The van der Waals surface area contributed by atoms with Crippen LogP contribution in [0.5, 0.6) is 0 Å². The van der Waals surface area contributed by atoms with Gasteiger partial charge in [-0.05, 0) is 37.7 Å². The van der Waals surface area contributed by atoms with E-state index in [1.54, 1.807) is 6.07 Å². The maximum absolute atomic E-state index is 13.1. The fourth-order valence-corrected chi connectivity index (χ4v) is 2.54. The maximum atomic E-state index is 13.1. The second-order valence-electron chi connectivity index (χ2n) is 3.86. The highest BCUT2D eigenvalue weighted by atomic mass is 32.2. The summed E-state index contributed by atoms with van der Waals surface area (Å²) in [4.78, 5) is -0.103. The van der Waals surface area contributed by atoms with Gasteiger partial charge in [0, 0.05) is 6.54 Å². The van der Waals surface area contributed by atoms with E-state index in [-0.39, 0.29) is 17.0 Å². The Bertz CT molecular complexity index is 567. The van der Waals surface area contributed by atoms with E-state index >= 15 is 0 Å². The van der Waals surface area contributed by atoms with Crippen molar-refractivity contribution < 1.29 is 12.8 Å². The lowest BCUT2D eigenvalue weighted by atomic mass is 10.2.